The molecule has 0 spiro atoms. The van der Waals surface area contributed by atoms with Gasteiger partial charge in [-0.05, 0) is 30.7 Å². The van der Waals surface area contributed by atoms with E-state index in [1.54, 1.807) is 12.1 Å². The summed E-state index contributed by atoms with van der Waals surface area (Å²) in [6, 6.07) is 10.1. The summed E-state index contributed by atoms with van der Waals surface area (Å²) in [5, 5.41) is 0.998. The van der Waals surface area contributed by atoms with Crippen LogP contribution >= 0.6 is 0 Å². The molecular weight excluding hydrogens is 176 g/mol. The normalized spacial score (nSPS) is 10.4. The van der Waals surface area contributed by atoms with Gasteiger partial charge in [-0.1, -0.05) is 12.1 Å². The van der Waals surface area contributed by atoms with Gasteiger partial charge in [-0.15, -0.1) is 0 Å². The Morgan fingerprint density at radius 2 is 2.21 bits per heavy atom. The van der Waals surface area contributed by atoms with E-state index in [2.05, 4.69) is 11.1 Å². The van der Waals surface area contributed by atoms with Gasteiger partial charge in [-0.25, -0.2) is 4.98 Å². The Bertz CT molecular complexity index is 506. The van der Waals surface area contributed by atoms with E-state index in [1.807, 2.05) is 19.1 Å². The van der Waals surface area contributed by atoms with Crippen molar-refractivity contribution in [3.8, 4) is 0 Å². The molecule has 0 saturated heterocycles. The van der Waals surface area contributed by atoms with Crippen LogP contribution in [0.15, 0.2) is 24.3 Å². The minimum Gasteiger partial charge on any atom is -0.364 e. The third-order valence-corrected chi connectivity index (χ3v) is 2.12. The molecule has 0 saturated carbocycles. The Hall–Kier alpha value is -1.90. The molecule has 0 aliphatic rings. The van der Waals surface area contributed by atoms with Crippen molar-refractivity contribution in [1.29, 1.82) is 0 Å². The van der Waals surface area contributed by atoms with Crippen LogP contribution in [0.3, 0.4) is 0 Å². The standard InChI is InChI=1S/C11H9N2O/c1-7-3-2-4-9-8(7)5-6-10(13-9)11(12)14/h2,4-6H,1H3,(H2,12,14). The van der Waals surface area contributed by atoms with E-state index in [4.69, 9.17) is 5.73 Å². The lowest BCUT2D eigenvalue weighted by molar-refractivity contribution is 0.0996. The fourth-order valence-corrected chi connectivity index (χ4v) is 1.38. The molecule has 2 aromatic rings. The lowest BCUT2D eigenvalue weighted by atomic mass is 10.1. The lowest BCUT2D eigenvalue weighted by Crippen LogP contribution is -2.12. The first-order chi connectivity index (χ1) is 6.68. The zero-order valence-electron chi connectivity index (χ0n) is 7.74. The van der Waals surface area contributed by atoms with E-state index >= 15 is 0 Å². The number of hydrogen-bond donors (Lipinski definition) is 1. The highest BCUT2D eigenvalue weighted by atomic mass is 16.1. The number of pyridine rings is 1. The van der Waals surface area contributed by atoms with Crippen molar-refractivity contribution in [3.63, 3.8) is 0 Å². The number of nitrogens with zero attached hydrogens (tertiary/aromatic N) is 1. The summed E-state index contributed by atoms with van der Waals surface area (Å²) in [6.45, 7) is 1.95. The predicted molar refractivity (Wildman–Crippen MR) is 53.8 cm³/mol. The van der Waals surface area contributed by atoms with Crippen molar-refractivity contribution >= 4 is 16.8 Å². The predicted octanol–water partition coefficient (Wildman–Crippen LogP) is 1.44. The number of carbonyl (C=O) groups is 1. The molecule has 1 radical (unpaired) electrons. The fraction of sp³-hybridized carbons (Fsp3) is 0.0909. The summed E-state index contributed by atoms with van der Waals surface area (Å²) in [5.74, 6) is -0.502. The van der Waals surface area contributed by atoms with Gasteiger partial charge in [0.2, 0.25) is 0 Å². The highest BCUT2D eigenvalue weighted by Crippen LogP contribution is 2.15. The second-order valence-corrected chi connectivity index (χ2v) is 3.10. The molecule has 1 aromatic carbocycles. The minimum atomic E-state index is -0.502. The molecule has 0 bridgehead atoms. The van der Waals surface area contributed by atoms with E-state index in [-0.39, 0.29) is 0 Å². The number of aromatic nitrogens is 1. The quantitative estimate of drug-likeness (QED) is 0.730. The van der Waals surface area contributed by atoms with Crippen LogP contribution < -0.4 is 5.73 Å². The van der Waals surface area contributed by atoms with Crippen molar-refractivity contribution in [3.05, 3.63) is 41.6 Å². The number of nitrogens with two attached hydrogens (primary N) is 1. The topological polar surface area (TPSA) is 56.0 Å². The molecule has 0 aliphatic carbocycles. The van der Waals surface area contributed by atoms with Crippen LogP contribution in [-0.2, 0) is 0 Å². The number of amides is 1. The molecule has 69 valence electrons. The smallest absolute Gasteiger partial charge is 0.267 e. The van der Waals surface area contributed by atoms with E-state index in [0.717, 1.165) is 16.5 Å². The number of fused-ring (bicyclic) bond motifs is 1. The average Bonchev–Trinajstić information content (AvgIpc) is 2.17. The van der Waals surface area contributed by atoms with Gasteiger partial charge >= 0.3 is 0 Å². The van der Waals surface area contributed by atoms with Crippen LogP contribution in [0, 0.1) is 13.0 Å². The summed E-state index contributed by atoms with van der Waals surface area (Å²) in [5.41, 5.74) is 7.22. The summed E-state index contributed by atoms with van der Waals surface area (Å²) < 4.78 is 0. The Morgan fingerprint density at radius 3 is 2.93 bits per heavy atom. The lowest BCUT2D eigenvalue weighted by Gasteiger charge is -2.01. The van der Waals surface area contributed by atoms with Crippen LogP contribution in [0.25, 0.3) is 10.9 Å². The zero-order chi connectivity index (χ0) is 10.1. The van der Waals surface area contributed by atoms with Crippen molar-refractivity contribution in [2.24, 2.45) is 5.73 Å². The third kappa shape index (κ3) is 1.33. The Morgan fingerprint density at radius 1 is 1.43 bits per heavy atom. The van der Waals surface area contributed by atoms with Crippen LogP contribution in [0.2, 0.25) is 0 Å². The molecule has 0 fully saturated rings. The first kappa shape index (κ1) is 8.69. The van der Waals surface area contributed by atoms with E-state index < -0.39 is 5.91 Å². The number of primary amides is 1. The SMILES string of the molecule is Cc1[c]ccc2nc(C(N)=O)ccc12. The largest absolute Gasteiger partial charge is 0.364 e. The molecule has 0 atom stereocenters. The van der Waals surface area contributed by atoms with Gasteiger partial charge in [0.25, 0.3) is 5.91 Å². The number of carbonyl (C=O) groups excluding carboxylic acids is 1. The summed E-state index contributed by atoms with van der Waals surface area (Å²) in [6.07, 6.45) is 0. The molecule has 1 aromatic heterocycles. The number of hydrogen-bond acceptors (Lipinski definition) is 2. The monoisotopic (exact) mass is 185 g/mol. The second-order valence-electron chi connectivity index (χ2n) is 3.10. The van der Waals surface area contributed by atoms with Gasteiger partial charge < -0.3 is 5.73 Å². The molecule has 14 heavy (non-hydrogen) atoms. The third-order valence-electron chi connectivity index (χ3n) is 2.12. The molecule has 0 aliphatic heterocycles. The van der Waals surface area contributed by atoms with Gasteiger partial charge in [0.05, 0.1) is 5.52 Å². The van der Waals surface area contributed by atoms with Crippen molar-refractivity contribution in [2.75, 3.05) is 0 Å². The van der Waals surface area contributed by atoms with Crippen molar-refractivity contribution < 1.29 is 4.79 Å². The first-order valence-corrected chi connectivity index (χ1v) is 4.26. The van der Waals surface area contributed by atoms with E-state index in [1.165, 1.54) is 0 Å². The van der Waals surface area contributed by atoms with Gasteiger partial charge in [0.15, 0.2) is 0 Å². The molecule has 1 heterocycles. The summed E-state index contributed by atoms with van der Waals surface area (Å²) >= 11 is 0. The maximum absolute atomic E-state index is 10.9. The number of rotatable bonds is 1. The second kappa shape index (κ2) is 3.10. The van der Waals surface area contributed by atoms with Crippen molar-refractivity contribution in [1.82, 2.24) is 4.98 Å². The average molecular weight is 185 g/mol. The number of aryl methyl sites for hydroxylation is 1. The van der Waals surface area contributed by atoms with Crippen LogP contribution in [0.1, 0.15) is 16.1 Å². The van der Waals surface area contributed by atoms with Crippen LogP contribution in [0.5, 0.6) is 0 Å². The first-order valence-electron chi connectivity index (χ1n) is 4.26. The van der Waals surface area contributed by atoms with Gasteiger partial charge in [-0.2, -0.15) is 0 Å². The van der Waals surface area contributed by atoms with Crippen LogP contribution in [-0.4, -0.2) is 10.9 Å². The highest BCUT2D eigenvalue weighted by Gasteiger charge is 2.04. The maximum Gasteiger partial charge on any atom is 0.267 e. The summed E-state index contributed by atoms with van der Waals surface area (Å²) in [4.78, 5) is 15.0. The molecule has 2 N–H and O–H groups in total. The molecule has 3 nitrogen and oxygen atoms in total. The minimum absolute atomic E-state index is 0.295. The molecule has 2 rings (SSSR count). The fourth-order valence-electron chi connectivity index (χ4n) is 1.38. The van der Waals surface area contributed by atoms with Gasteiger partial charge in [-0.3, -0.25) is 4.79 Å². The molecule has 1 amide bonds. The van der Waals surface area contributed by atoms with Crippen LogP contribution in [0.4, 0.5) is 0 Å². The Kier molecular flexibility index (Phi) is 1.93. The van der Waals surface area contributed by atoms with Crippen molar-refractivity contribution in [2.45, 2.75) is 6.92 Å². The molecule has 0 unspecified atom stereocenters. The Balaban J connectivity index is 2.73. The summed E-state index contributed by atoms with van der Waals surface area (Å²) in [7, 11) is 0. The van der Waals surface area contributed by atoms with E-state index in [9.17, 15) is 4.79 Å². The van der Waals surface area contributed by atoms with Gasteiger partial charge in [0.1, 0.15) is 5.69 Å². The van der Waals surface area contributed by atoms with Gasteiger partial charge in [0, 0.05) is 5.39 Å². The maximum atomic E-state index is 10.9. The highest BCUT2D eigenvalue weighted by molar-refractivity contribution is 5.94. The number of benzene rings is 1. The molecule has 3 heteroatoms. The zero-order valence-corrected chi connectivity index (χ0v) is 7.74. The van der Waals surface area contributed by atoms with E-state index in [0.29, 0.717) is 5.69 Å². The Labute approximate surface area is 81.6 Å². The molecular formula is C11H9N2O.